The van der Waals surface area contributed by atoms with Crippen LogP contribution >= 0.6 is 0 Å². The zero-order chi connectivity index (χ0) is 25.5. The van der Waals surface area contributed by atoms with E-state index in [1.165, 1.54) is 96.0 Å². The fourth-order valence-corrected chi connectivity index (χ4v) is 4.40. The molecule has 2 rings (SSSR count). The third-order valence-corrected chi connectivity index (χ3v) is 6.65. The monoisotopic (exact) mass is 554 g/mol. The van der Waals surface area contributed by atoms with Gasteiger partial charge < -0.3 is 13.8 Å². The van der Waals surface area contributed by atoms with Crippen LogP contribution < -0.4 is 0 Å². The van der Waals surface area contributed by atoms with Crippen LogP contribution in [0.2, 0.25) is 0 Å². The third-order valence-electron chi connectivity index (χ3n) is 5.73. The standard InChI is InChI=1S/C10H8O3S.2C10H21.Zn/c11-14(12,13)10-7-3-5-8-4-1-2-6-9(8)10;2*1-3-5-7-9-10-8-6-4-2;/h1-7H,(H,11,12,13);2*1,3-10H2,2H3;/q;2*-1;+2. The molecule has 0 saturated heterocycles. The van der Waals surface area contributed by atoms with Crippen LogP contribution in [0.5, 0.6) is 0 Å². The van der Waals surface area contributed by atoms with Gasteiger partial charge in [-0.1, -0.05) is 140 Å². The molecule has 0 spiro atoms. The summed E-state index contributed by atoms with van der Waals surface area (Å²) in [4.78, 5) is -0.0457. The molecular weight excluding hydrogens is 506 g/mol. The first-order valence-electron chi connectivity index (χ1n) is 13.5. The molecule has 3 nitrogen and oxygen atoms in total. The minimum Gasteiger partial charge on any atom is -0.343 e. The zero-order valence-corrected chi connectivity index (χ0v) is 26.4. The summed E-state index contributed by atoms with van der Waals surface area (Å²) < 4.78 is 31.0. The van der Waals surface area contributed by atoms with Gasteiger partial charge in [0.15, 0.2) is 0 Å². The summed E-state index contributed by atoms with van der Waals surface area (Å²) in [5, 5.41) is 1.33. The van der Waals surface area contributed by atoms with Crippen molar-refractivity contribution in [2.45, 2.75) is 121 Å². The molecule has 35 heavy (non-hydrogen) atoms. The van der Waals surface area contributed by atoms with Crippen molar-refractivity contribution in [2.24, 2.45) is 0 Å². The van der Waals surface area contributed by atoms with Crippen molar-refractivity contribution in [3.05, 3.63) is 56.3 Å². The van der Waals surface area contributed by atoms with Gasteiger partial charge in [0.1, 0.15) is 4.90 Å². The van der Waals surface area contributed by atoms with Crippen molar-refractivity contribution in [3.63, 3.8) is 0 Å². The van der Waals surface area contributed by atoms with E-state index in [-0.39, 0.29) is 24.4 Å². The number of hydrogen-bond acceptors (Lipinski definition) is 2. The first-order valence-corrected chi connectivity index (χ1v) is 14.9. The van der Waals surface area contributed by atoms with E-state index in [0.717, 1.165) is 18.2 Å². The van der Waals surface area contributed by atoms with E-state index in [1.807, 2.05) is 6.07 Å². The molecule has 0 unspecified atom stereocenters. The van der Waals surface area contributed by atoms with Gasteiger partial charge in [0.25, 0.3) is 10.1 Å². The van der Waals surface area contributed by atoms with Crippen molar-refractivity contribution < 1.29 is 32.4 Å². The van der Waals surface area contributed by atoms with Crippen molar-refractivity contribution >= 4 is 20.9 Å². The van der Waals surface area contributed by atoms with Crippen molar-refractivity contribution in [3.8, 4) is 0 Å². The van der Waals surface area contributed by atoms with Crippen LogP contribution in [0.1, 0.15) is 117 Å². The van der Waals surface area contributed by atoms with E-state index in [0.29, 0.717) is 5.39 Å². The van der Waals surface area contributed by atoms with E-state index in [4.69, 9.17) is 4.55 Å². The Morgan fingerprint density at radius 3 is 1.46 bits per heavy atom. The Morgan fingerprint density at radius 2 is 1.03 bits per heavy atom. The Bertz CT molecular complexity index is 784. The van der Waals surface area contributed by atoms with Crippen LogP contribution in [0.4, 0.5) is 0 Å². The summed E-state index contributed by atoms with van der Waals surface area (Å²) >= 11 is 0. The molecule has 0 saturated carbocycles. The molecule has 0 amide bonds. The fourth-order valence-electron chi connectivity index (χ4n) is 3.69. The molecule has 0 atom stereocenters. The van der Waals surface area contributed by atoms with E-state index in [1.54, 1.807) is 30.3 Å². The van der Waals surface area contributed by atoms with Gasteiger partial charge in [0, 0.05) is 5.39 Å². The molecule has 1 N–H and O–H groups in total. The molecule has 0 fully saturated rings. The minimum atomic E-state index is -4.13. The molecule has 0 aliphatic rings. The van der Waals surface area contributed by atoms with Gasteiger partial charge in [0.05, 0.1) is 0 Å². The summed E-state index contributed by atoms with van der Waals surface area (Å²) in [7, 11) is -4.13. The van der Waals surface area contributed by atoms with Gasteiger partial charge in [-0.15, -0.1) is 0 Å². The molecule has 0 aliphatic carbocycles. The Labute approximate surface area is 230 Å². The first kappa shape index (κ1) is 36.4. The maximum atomic E-state index is 11.0. The predicted molar refractivity (Wildman–Crippen MR) is 150 cm³/mol. The van der Waals surface area contributed by atoms with E-state index >= 15 is 0 Å². The Kier molecular flexibility index (Phi) is 25.9. The van der Waals surface area contributed by atoms with Crippen molar-refractivity contribution in [2.75, 3.05) is 0 Å². The second-order valence-electron chi connectivity index (χ2n) is 8.90. The fraction of sp³-hybridized carbons (Fsp3) is 0.600. The van der Waals surface area contributed by atoms with Gasteiger partial charge in [-0.3, -0.25) is 4.55 Å². The van der Waals surface area contributed by atoms with Crippen LogP contribution in [-0.2, 0) is 29.6 Å². The van der Waals surface area contributed by atoms with E-state index in [2.05, 4.69) is 27.7 Å². The molecule has 196 valence electrons. The van der Waals surface area contributed by atoms with Crippen LogP contribution in [-0.4, -0.2) is 13.0 Å². The molecule has 0 aromatic heterocycles. The van der Waals surface area contributed by atoms with E-state index < -0.39 is 10.1 Å². The van der Waals surface area contributed by atoms with Crippen LogP contribution in [0.25, 0.3) is 10.8 Å². The summed E-state index contributed by atoms with van der Waals surface area (Å²) in [5.41, 5.74) is 0. The Morgan fingerprint density at radius 1 is 0.629 bits per heavy atom. The van der Waals surface area contributed by atoms with Gasteiger partial charge in [-0.2, -0.15) is 21.3 Å². The molecule has 0 bridgehead atoms. The SMILES string of the molecule is O=S(=O)(O)c1cccc2ccccc12.[CH2-]CCCCCCCCC.[CH2-]CCCCCCCCC.[Zn+2]. The predicted octanol–water partition coefficient (Wildman–Crippen LogP) is 10.0. The van der Waals surface area contributed by atoms with Crippen LogP contribution in [0.3, 0.4) is 0 Å². The molecule has 5 heteroatoms. The molecule has 0 radical (unpaired) electrons. The normalized spacial score (nSPS) is 10.5. The third kappa shape index (κ3) is 20.0. The van der Waals surface area contributed by atoms with Crippen molar-refractivity contribution in [1.82, 2.24) is 0 Å². The second-order valence-corrected chi connectivity index (χ2v) is 10.3. The van der Waals surface area contributed by atoms with Gasteiger partial charge in [0.2, 0.25) is 0 Å². The average molecular weight is 556 g/mol. The smallest absolute Gasteiger partial charge is 0.343 e. The van der Waals surface area contributed by atoms with Crippen LogP contribution in [0, 0.1) is 13.8 Å². The number of hydrogen-bond donors (Lipinski definition) is 1. The summed E-state index contributed by atoms with van der Waals surface area (Å²) in [6.07, 6.45) is 21.8. The summed E-state index contributed by atoms with van der Waals surface area (Å²) in [6.45, 7) is 12.2. The number of rotatable bonds is 15. The molecular formula is C30H50O3SZn. The van der Waals surface area contributed by atoms with E-state index in [9.17, 15) is 8.42 Å². The molecule has 0 heterocycles. The van der Waals surface area contributed by atoms with Crippen molar-refractivity contribution in [1.29, 1.82) is 0 Å². The summed E-state index contributed by atoms with van der Waals surface area (Å²) in [5.74, 6) is 0. The summed E-state index contributed by atoms with van der Waals surface area (Å²) in [6, 6.07) is 11.8. The maximum Gasteiger partial charge on any atom is 2.00 e. The largest absolute Gasteiger partial charge is 2.00 e. The second kappa shape index (κ2) is 24.9. The van der Waals surface area contributed by atoms with Crippen LogP contribution in [0.15, 0.2) is 47.4 Å². The first-order chi connectivity index (χ1) is 16.4. The van der Waals surface area contributed by atoms with Gasteiger partial charge in [-0.05, 0) is 11.5 Å². The average Bonchev–Trinajstić information content (AvgIpc) is 2.83. The minimum absolute atomic E-state index is 0. The van der Waals surface area contributed by atoms with Gasteiger partial charge >= 0.3 is 19.5 Å². The molecule has 2 aromatic carbocycles. The molecule has 0 aliphatic heterocycles. The molecule has 2 aromatic rings. The Balaban J connectivity index is 0. The number of fused-ring (bicyclic) bond motifs is 1. The Hall–Kier alpha value is -0.767. The maximum absolute atomic E-state index is 11.0. The zero-order valence-electron chi connectivity index (χ0n) is 22.6. The number of unbranched alkanes of at least 4 members (excludes halogenated alkanes) is 14. The topological polar surface area (TPSA) is 54.4 Å². The number of benzene rings is 2. The quantitative estimate of drug-likeness (QED) is 0.103. The van der Waals surface area contributed by atoms with Gasteiger partial charge in [-0.25, -0.2) is 0 Å².